The molecule has 3 amide bonds. The van der Waals surface area contributed by atoms with E-state index in [1.807, 2.05) is 0 Å². The molecular formula is C19H32N4O10. The summed E-state index contributed by atoms with van der Waals surface area (Å²) in [4.78, 5) is 70.3. The number of aliphatic hydroxyl groups excluding tert-OH is 1. The summed E-state index contributed by atoms with van der Waals surface area (Å²) in [6.45, 7) is 4.46. The maximum atomic E-state index is 12.7. The van der Waals surface area contributed by atoms with Crippen LogP contribution in [-0.4, -0.2) is 86.3 Å². The van der Waals surface area contributed by atoms with Crippen molar-refractivity contribution in [3.05, 3.63) is 0 Å². The van der Waals surface area contributed by atoms with Crippen molar-refractivity contribution in [2.75, 3.05) is 0 Å². The Kier molecular flexibility index (Phi) is 12.6. The highest BCUT2D eigenvalue weighted by Crippen LogP contribution is 2.10. The zero-order chi connectivity index (χ0) is 25.9. The molecule has 6 atom stereocenters. The van der Waals surface area contributed by atoms with Gasteiger partial charge in [-0.15, -0.1) is 0 Å². The van der Waals surface area contributed by atoms with Gasteiger partial charge in [-0.2, -0.15) is 0 Å². The van der Waals surface area contributed by atoms with Crippen LogP contribution in [0.4, 0.5) is 0 Å². The number of amides is 3. The molecule has 0 rings (SSSR count). The number of carboxylic acids is 3. The number of rotatable bonds is 15. The molecule has 0 bridgehead atoms. The summed E-state index contributed by atoms with van der Waals surface area (Å²) in [5, 5.41) is 43.2. The Morgan fingerprint density at radius 2 is 1.33 bits per heavy atom. The molecule has 9 N–H and O–H groups in total. The zero-order valence-corrected chi connectivity index (χ0v) is 18.6. The van der Waals surface area contributed by atoms with Crippen LogP contribution in [-0.2, 0) is 28.8 Å². The van der Waals surface area contributed by atoms with E-state index in [9.17, 15) is 33.9 Å². The van der Waals surface area contributed by atoms with E-state index >= 15 is 0 Å². The average molecular weight is 476 g/mol. The normalized spacial score (nSPS) is 16.3. The summed E-state index contributed by atoms with van der Waals surface area (Å²) >= 11 is 0. The quantitative estimate of drug-likeness (QED) is 0.124. The second-order valence-corrected chi connectivity index (χ2v) is 7.63. The topological polar surface area (TPSA) is 245 Å². The maximum absolute atomic E-state index is 12.7. The van der Waals surface area contributed by atoms with Crippen LogP contribution >= 0.6 is 0 Å². The van der Waals surface area contributed by atoms with Gasteiger partial charge in [0.25, 0.3) is 0 Å². The van der Waals surface area contributed by atoms with Crippen LogP contribution in [0.2, 0.25) is 0 Å². The minimum absolute atomic E-state index is 0.215. The third kappa shape index (κ3) is 10.7. The predicted molar refractivity (Wildman–Crippen MR) is 112 cm³/mol. The first-order valence-corrected chi connectivity index (χ1v) is 10.2. The number of carbonyl (C=O) groups excluding carboxylic acids is 3. The monoisotopic (exact) mass is 476 g/mol. The third-order valence-electron chi connectivity index (χ3n) is 4.86. The molecule has 188 valence electrons. The van der Waals surface area contributed by atoms with Crippen molar-refractivity contribution in [1.29, 1.82) is 0 Å². The molecule has 0 saturated heterocycles. The van der Waals surface area contributed by atoms with Crippen molar-refractivity contribution in [3.63, 3.8) is 0 Å². The number of aliphatic carboxylic acids is 3. The molecule has 0 heterocycles. The van der Waals surface area contributed by atoms with E-state index in [1.54, 1.807) is 13.8 Å². The van der Waals surface area contributed by atoms with Crippen molar-refractivity contribution < 1.29 is 49.2 Å². The molecule has 0 fully saturated rings. The molecule has 6 unspecified atom stereocenters. The lowest BCUT2D eigenvalue weighted by Crippen LogP contribution is -2.61. The van der Waals surface area contributed by atoms with Crippen LogP contribution in [0.5, 0.6) is 0 Å². The van der Waals surface area contributed by atoms with Crippen LogP contribution in [0, 0.1) is 5.92 Å². The molecule has 14 nitrogen and oxygen atoms in total. The van der Waals surface area contributed by atoms with Crippen LogP contribution < -0.4 is 21.7 Å². The average Bonchev–Trinajstić information content (AvgIpc) is 2.71. The first-order valence-electron chi connectivity index (χ1n) is 10.2. The van der Waals surface area contributed by atoms with Gasteiger partial charge in [0.15, 0.2) is 0 Å². The standard InChI is InChI=1S/C19H32N4O10/c1-4-8(2)14(17(30)21-11(19(32)33)7-13(27)28)22-18(31)15(9(3)24)23-16(29)10(20)5-6-12(25)26/h8-11,14-15,24H,4-7,20H2,1-3H3,(H,21,30)(H,22,31)(H,23,29)(H,25,26)(H,27,28)(H,32,33). The Morgan fingerprint density at radius 1 is 0.818 bits per heavy atom. The van der Waals surface area contributed by atoms with E-state index in [2.05, 4.69) is 16.0 Å². The van der Waals surface area contributed by atoms with Gasteiger partial charge in [-0.3, -0.25) is 24.0 Å². The van der Waals surface area contributed by atoms with E-state index in [0.29, 0.717) is 6.42 Å². The SMILES string of the molecule is CCC(C)C(NC(=O)C(NC(=O)C(N)CCC(=O)O)C(C)O)C(=O)NC(CC(=O)O)C(=O)O. The Balaban J connectivity index is 5.47. The number of hydrogen-bond acceptors (Lipinski definition) is 8. The van der Waals surface area contributed by atoms with Crippen LogP contribution in [0.15, 0.2) is 0 Å². The van der Waals surface area contributed by atoms with Gasteiger partial charge in [-0.25, -0.2) is 4.79 Å². The fourth-order valence-electron chi connectivity index (χ4n) is 2.66. The Labute approximate surface area is 189 Å². The van der Waals surface area contributed by atoms with Gasteiger partial charge in [0.2, 0.25) is 17.7 Å². The summed E-state index contributed by atoms with van der Waals surface area (Å²) in [7, 11) is 0. The lowest BCUT2D eigenvalue weighted by Gasteiger charge is -2.28. The molecule has 33 heavy (non-hydrogen) atoms. The first-order chi connectivity index (χ1) is 15.2. The van der Waals surface area contributed by atoms with E-state index in [4.69, 9.17) is 21.1 Å². The molecule has 0 radical (unpaired) electrons. The molecule has 0 aromatic rings. The van der Waals surface area contributed by atoms with Gasteiger partial charge >= 0.3 is 17.9 Å². The molecular weight excluding hydrogens is 444 g/mol. The highest BCUT2D eigenvalue weighted by molar-refractivity contribution is 5.95. The lowest BCUT2D eigenvalue weighted by atomic mass is 9.97. The number of carboxylic acid groups (broad SMARTS) is 3. The van der Waals surface area contributed by atoms with Crippen LogP contribution in [0.1, 0.15) is 46.5 Å². The highest BCUT2D eigenvalue weighted by atomic mass is 16.4. The van der Waals surface area contributed by atoms with Gasteiger partial charge in [-0.05, 0) is 19.3 Å². The van der Waals surface area contributed by atoms with Crippen molar-refractivity contribution >= 4 is 35.6 Å². The number of hydrogen-bond donors (Lipinski definition) is 8. The number of nitrogens with two attached hydrogens (primary N) is 1. The molecule has 0 aromatic heterocycles. The van der Waals surface area contributed by atoms with E-state index in [0.717, 1.165) is 0 Å². The Morgan fingerprint density at radius 3 is 1.76 bits per heavy atom. The molecule has 0 spiro atoms. The highest BCUT2D eigenvalue weighted by Gasteiger charge is 2.34. The second-order valence-electron chi connectivity index (χ2n) is 7.63. The molecule has 0 aliphatic carbocycles. The minimum Gasteiger partial charge on any atom is -0.481 e. The van der Waals surface area contributed by atoms with Gasteiger partial charge in [-0.1, -0.05) is 20.3 Å². The summed E-state index contributed by atoms with van der Waals surface area (Å²) in [6.07, 6.45) is -2.56. The molecule has 0 aromatic carbocycles. The van der Waals surface area contributed by atoms with Gasteiger partial charge in [0.05, 0.1) is 18.6 Å². The molecule has 14 heteroatoms. The fourth-order valence-corrected chi connectivity index (χ4v) is 2.66. The molecule has 0 aliphatic rings. The Bertz CT molecular complexity index is 742. The Hall–Kier alpha value is -3.26. The lowest BCUT2D eigenvalue weighted by molar-refractivity contribution is -0.147. The summed E-state index contributed by atoms with van der Waals surface area (Å²) in [6, 6.07) is -5.87. The fraction of sp³-hybridized carbons (Fsp3) is 0.684. The van der Waals surface area contributed by atoms with E-state index in [1.165, 1.54) is 6.92 Å². The van der Waals surface area contributed by atoms with Crippen molar-refractivity contribution in [2.24, 2.45) is 11.7 Å². The minimum atomic E-state index is -1.74. The van der Waals surface area contributed by atoms with Gasteiger partial charge in [0.1, 0.15) is 18.1 Å². The molecule has 0 aliphatic heterocycles. The summed E-state index contributed by atoms with van der Waals surface area (Å²) in [5.41, 5.74) is 5.60. The van der Waals surface area contributed by atoms with Gasteiger partial charge in [0, 0.05) is 6.42 Å². The number of aliphatic hydroxyl groups is 1. The number of nitrogens with one attached hydrogen (secondary N) is 3. The van der Waals surface area contributed by atoms with E-state index in [-0.39, 0.29) is 6.42 Å². The molecule has 0 saturated carbocycles. The maximum Gasteiger partial charge on any atom is 0.326 e. The van der Waals surface area contributed by atoms with Crippen LogP contribution in [0.3, 0.4) is 0 Å². The smallest absolute Gasteiger partial charge is 0.326 e. The number of carbonyl (C=O) groups is 6. The first kappa shape index (κ1) is 29.7. The zero-order valence-electron chi connectivity index (χ0n) is 18.6. The van der Waals surface area contributed by atoms with Crippen molar-refractivity contribution in [2.45, 2.75) is 76.7 Å². The predicted octanol–water partition coefficient (Wildman–Crippen LogP) is -2.38. The third-order valence-corrected chi connectivity index (χ3v) is 4.86. The van der Waals surface area contributed by atoms with E-state index < -0.39 is 84.7 Å². The largest absolute Gasteiger partial charge is 0.481 e. The summed E-state index contributed by atoms with van der Waals surface area (Å²) in [5.74, 6) is -7.57. The van der Waals surface area contributed by atoms with Crippen LogP contribution in [0.25, 0.3) is 0 Å². The van der Waals surface area contributed by atoms with Crippen molar-refractivity contribution in [3.8, 4) is 0 Å². The second kappa shape index (κ2) is 14.0. The van der Waals surface area contributed by atoms with Gasteiger partial charge < -0.3 is 42.1 Å². The summed E-state index contributed by atoms with van der Waals surface area (Å²) < 4.78 is 0. The van der Waals surface area contributed by atoms with Crippen molar-refractivity contribution in [1.82, 2.24) is 16.0 Å².